The number of carboxylic acid groups (broad SMARTS) is 2. The number of guanidine groups is 2. The maximum Gasteiger partial charge on any atom is 0.326 e. The van der Waals surface area contributed by atoms with Crippen molar-refractivity contribution < 1.29 is 58.2 Å². The molecule has 1 fully saturated rings. The van der Waals surface area contributed by atoms with Crippen molar-refractivity contribution in [2.45, 2.75) is 141 Å². The van der Waals surface area contributed by atoms with Crippen molar-refractivity contribution in [1.29, 1.82) is 0 Å². The van der Waals surface area contributed by atoms with Gasteiger partial charge in [-0.05, 0) is 82.1 Å². The Kier molecular flexibility index (Phi) is 27.8. The van der Waals surface area contributed by atoms with Gasteiger partial charge < -0.3 is 81.0 Å². The maximum absolute atomic E-state index is 13.9. The minimum Gasteiger partial charge on any atom is -0.481 e. The van der Waals surface area contributed by atoms with Gasteiger partial charge in [0.25, 0.3) is 0 Å². The Hall–Kier alpha value is -6.45. The van der Waals surface area contributed by atoms with Crippen molar-refractivity contribution in [3.8, 4) is 0 Å². The third-order valence-electron chi connectivity index (χ3n) is 10.7. The Balaban J connectivity index is 3.18. The molecule has 0 bridgehead atoms. The van der Waals surface area contributed by atoms with Crippen LogP contribution in [0.15, 0.2) is 9.98 Å². The van der Waals surface area contributed by atoms with Crippen LogP contribution in [0.2, 0.25) is 0 Å². The van der Waals surface area contributed by atoms with Crippen LogP contribution in [0.5, 0.6) is 0 Å². The van der Waals surface area contributed by atoms with Crippen LogP contribution in [0.3, 0.4) is 0 Å². The van der Waals surface area contributed by atoms with E-state index < -0.39 is 126 Å². The first-order valence-electron chi connectivity index (χ1n) is 23.0. The van der Waals surface area contributed by atoms with Crippen LogP contribution in [-0.4, -0.2) is 173 Å². The molecule has 0 radical (unpaired) electrons. The first-order valence-corrected chi connectivity index (χ1v) is 24.4. The van der Waals surface area contributed by atoms with Gasteiger partial charge in [0.2, 0.25) is 47.3 Å². The minimum absolute atomic E-state index is 0.0105. The molecule has 0 aromatic heterocycles. The van der Waals surface area contributed by atoms with Gasteiger partial charge in [0.1, 0.15) is 42.3 Å². The summed E-state index contributed by atoms with van der Waals surface area (Å²) in [4.78, 5) is 140. The van der Waals surface area contributed by atoms with Gasteiger partial charge in [-0.3, -0.25) is 53.1 Å². The third-order valence-corrected chi connectivity index (χ3v) is 11.4. The highest BCUT2D eigenvalue weighted by atomic mass is 32.2. The van der Waals surface area contributed by atoms with Crippen molar-refractivity contribution in [2.24, 2.45) is 50.5 Å². The molecule has 28 heteroatoms. The fourth-order valence-corrected chi connectivity index (χ4v) is 7.55. The molecule has 0 aliphatic carbocycles. The number of carbonyl (C=O) groups is 10. The largest absolute Gasteiger partial charge is 0.481 e. The predicted molar refractivity (Wildman–Crippen MR) is 260 cm³/mol. The van der Waals surface area contributed by atoms with Crippen molar-refractivity contribution in [2.75, 3.05) is 38.2 Å². The number of likely N-dealkylation sites (tertiary alicyclic amines) is 1. The summed E-state index contributed by atoms with van der Waals surface area (Å²) in [6.07, 6.45) is 2.31. The van der Waals surface area contributed by atoms with Gasteiger partial charge in [0.15, 0.2) is 11.9 Å². The summed E-state index contributed by atoms with van der Waals surface area (Å²) >= 11 is 1.33. The lowest BCUT2D eigenvalue weighted by molar-refractivity contribution is -0.143. The topological polar surface area (TPSA) is 453 Å². The fourth-order valence-electron chi connectivity index (χ4n) is 7.08. The average Bonchev–Trinajstić information content (AvgIpc) is 3.77. The third kappa shape index (κ3) is 23.2. The molecular formula is C42H75N15O12S. The molecule has 27 nitrogen and oxygen atoms in total. The Labute approximate surface area is 411 Å². The number of carboxylic acids is 2. The second-order valence-corrected chi connectivity index (χ2v) is 18.5. The smallest absolute Gasteiger partial charge is 0.326 e. The molecule has 8 atom stereocenters. The van der Waals surface area contributed by atoms with E-state index in [9.17, 15) is 58.2 Å². The standard InChI is InChI=1S/C42H75N15O12S/c1-21(2)18-24(43)39(67)57-16-9-12-29(57)37(65)55-28(19-31(59)60)36(64)52-26(13-17-70-6)35(63)56-32(22(3)4)38(66)53-25(10-7-14-48-41(44)45)34(62)50-20-30(58)51-23(5)33(61)54-27(40(68)69)11-8-15-49-42(46)47/h21-29,32H,7-20,43H2,1-6H3,(H,50,62)(H,51,58)(H,52,64)(H,53,66)(H,54,61)(H,55,65)(H,56,63)(H,59,60)(H,68,69)(H4,44,45,48)(H4,46,47,49)/t23-,24-,25-,26-,27-,28-,29-,32-/m0/s1. The van der Waals surface area contributed by atoms with E-state index in [-0.39, 0.29) is 76.0 Å². The molecule has 1 aliphatic rings. The molecule has 8 amide bonds. The molecule has 396 valence electrons. The lowest BCUT2D eigenvalue weighted by Crippen LogP contribution is -2.60. The van der Waals surface area contributed by atoms with E-state index in [2.05, 4.69) is 47.2 Å². The summed E-state index contributed by atoms with van der Waals surface area (Å²) in [5.74, 6) is -9.75. The molecule has 0 aromatic carbocycles. The number of nitrogens with one attached hydrogen (secondary N) is 7. The van der Waals surface area contributed by atoms with Crippen molar-refractivity contribution in [3.63, 3.8) is 0 Å². The van der Waals surface area contributed by atoms with E-state index in [0.29, 0.717) is 18.6 Å². The Bertz CT molecular complexity index is 1880. The molecule has 0 spiro atoms. The molecule has 0 unspecified atom stereocenters. The number of aliphatic carboxylic acids is 2. The van der Waals surface area contributed by atoms with E-state index in [0.717, 1.165) is 0 Å². The van der Waals surface area contributed by atoms with Gasteiger partial charge in [0.05, 0.1) is 19.0 Å². The Morgan fingerprint density at radius 2 is 1.23 bits per heavy atom. The zero-order valence-electron chi connectivity index (χ0n) is 40.8. The van der Waals surface area contributed by atoms with Gasteiger partial charge in [-0.2, -0.15) is 11.8 Å². The summed E-state index contributed by atoms with van der Waals surface area (Å²) in [5.41, 5.74) is 27.5. The second kappa shape index (κ2) is 31.6. The van der Waals surface area contributed by atoms with Crippen LogP contribution >= 0.6 is 11.8 Å². The summed E-state index contributed by atoms with van der Waals surface area (Å²) in [6, 6.07) is -10.1. The van der Waals surface area contributed by atoms with Crippen LogP contribution < -0.4 is 65.9 Å². The fraction of sp³-hybridized carbons (Fsp3) is 0.714. The number of hydrogen-bond acceptors (Lipinski definition) is 14. The Morgan fingerprint density at radius 3 is 1.76 bits per heavy atom. The number of thioether (sulfide) groups is 1. The number of rotatable bonds is 32. The highest BCUT2D eigenvalue weighted by molar-refractivity contribution is 7.98. The first-order chi connectivity index (χ1) is 32.8. The molecule has 1 rings (SSSR count). The SMILES string of the molecule is CSCC[C@H](NC(=O)[C@H](CC(=O)O)NC(=O)[C@@H]1CCCN1C(=O)[C@@H](N)CC(C)C)C(=O)N[C@H](C(=O)N[C@@H](CCCN=C(N)N)C(=O)NCC(=O)N[C@@H](C)C(=O)N[C@@H](CCCN=C(N)N)C(=O)O)C(C)C. The van der Waals surface area contributed by atoms with Gasteiger partial charge >= 0.3 is 11.9 Å². The highest BCUT2D eigenvalue weighted by Gasteiger charge is 2.39. The molecule has 1 saturated heterocycles. The van der Waals surface area contributed by atoms with E-state index in [4.69, 9.17) is 28.7 Å². The van der Waals surface area contributed by atoms with Crippen LogP contribution in [0.1, 0.15) is 92.4 Å². The minimum atomic E-state index is -1.66. The van der Waals surface area contributed by atoms with E-state index in [1.165, 1.54) is 23.6 Å². The quantitative estimate of drug-likeness (QED) is 0.0171. The van der Waals surface area contributed by atoms with Gasteiger partial charge in [-0.15, -0.1) is 0 Å². The average molecular weight is 1010 g/mol. The number of amides is 8. The second-order valence-electron chi connectivity index (χ2n) is 17.5. The Morgan fingerprint density at radius 1 is 0.686 bits per heavy atom. The molecular weight excluding hydrogens is 939 g/mol. The molecule has 1 aliphatic heterocycles. The normalized spacial score (nSPS) is 16.2. The van der Waals surface area contributed by atoms with Crippen LogP contribution in [0.25, 0.3) is 0 Å². The summed E-state index contributed by atoms with van der Waals surface area (Å²) in [5, 5.41) is 36.4. The van der Waals surface area contributed by atoms with Crippen LogP contribution in [0, 0.1) is 11.8 Å². The number of hydrogen-bond donors (Lipinski definition) is 14. The predicted octanol–water partition coefficient (Wildman–Crippen LogP) is -4.53. The molecule has 0 saturated carbocycles. The zero-order valence-corrected chi connectivity index (χ0v) is 41.6. The monoisotopic (exact) mass is 1010 g/mol. The van der Waals surface area contributed by atoms with Gasteiger partial charge in [-0.1, -0.05) is 27.7 Å². The van der Waals surface area contributed by atoms with Gasteiger partial charge in [0, 0.05) is 19.6 Å². The lowest BCUT2D eigenvalue weighted by atomic mass is 10.0. The summed E-state index contributed by atoms with van der Waals surface area (Å²) in [6.45, 7) is 8.04. The lowest BCUT2D eigenvalue weighted by Gasteiger charge is -2.29. The van der Waals surface area contributed by atoms with Gasteiger partial charge in [-0.25, -0.2) is 4.79 Å². The van der Waals surface area contributed by atoms with E-state index in [1.807, 2.05) is 13.8 Å². The number of nitrogens with two attached hydrogens (primary N) is 5. The van der Waals surface area contributed by atoms with E-state index >= 15 is 0 Å². The molecule has 0 aromatic rings. The molecule has 1 heterocycles. The van der Waals surface area contributed by atoms with Crippen molar-refractivity contribution in [3.05, 3.63) is 0 Å². The number of nitrogens with zero attached hydrogens (tertiary/aromatic N) is 3. The molecule has 19 N–H and O–H groups in total. The maximum atomic E-state index is 13.9. The van der Waals surface area contributed by atoms with Crippen molar-refractivity contribution >= 4 is 82.9 Å². The van der Waals surface area contributed by atoms with E-state index in [1.54, 1.807) is 20.1 Å². The summed E-state index contributed by atoms with van der Waals surface area (Å²) in [7, 11) is 0. The number of aliphatic imine (C=N–C) groups is 2. The number of carbonyl (C=O) groups excluding carboxylic acids is 8. The highest BCUT2D eigenvalue weighted by Crippen LogP contribution is 2.20. The first kappa shape index (κ1) is 61.6. The van der Waals surface area contributed by atoms with Crippen molar-refractivity contribution in [1.82, 2.24) is 42.1 Å². The molecule has 70 heavy (non-hydrogen) atoms. The summed E-state index contributed by atoms with van der Waals surface area (Å²) < 4.78 is 0. The zero-order chi connectivity index (χ0) is 53.2. The van der Waals surface area contributed by atoms with Crippen LogP contribution in [0.4, 0.5) is 0 Å². The van der Waals surface area contributed by atoms with Crippen LogP contribution in [-0.2, 0) is 47.9 Å².